The topological polar surface area (TPSA) is 66.5 Å². The number of nitrogens with one attached hydrogen (secondary N) is 1. The summed E-state index contributed by atoms with van der Waals surface area (Å²) >= 11 is 1.61. The van der Waals surface area contributed by atoms with E-state index in [0.29, 0.717) is 5.92 Å². The molecule has 1 aromatic heterocycles. The number of hydrogen-bond acceptors (Lipinski definition) is 5. The molecular weight excluding hydrogens is 246 g/mol. The summed E-state index contributed by atoms with van der Waals surface area (Å²) in [5, 5.41) is 21.8. The average Bonchev–Trinajstić information content (AvgIpc) is 3.15. The molecule has 1 aliphatic carbocycles. The lowest BCUT2D eigenvalue weighted by atomic mass is 9.97. The summed E-state index contributed by atoms with van der Waals surface area (Å²) in [6.07, 6.45) is 5.05. The van der Waals surface area contributed by atoms with E-state index in [4.69, 9.17) is 0 Å². The predicted octanol–water partition coefficient (Wildman–Crippen LogP) is 1.58. The summed E-state index contributed by atoms with van der Waals surface area (Å²) in [6.45, 7) is 3.02. The third kappa shape index (κ3) is 2.85. The van der Waals surface area contributed by atoms with Gasteiger partial charge in [0.25, 0.3) is 0 Å². The van der Waals surface area contributed by atoms with E-state index in [1.165, 1.54) is 0 Å². The molecule has 1 aromatic rings. The van der Waals surface area contributed by atoms with Crippen LogP contribution in [0.15, 0.2) is 11.5 Å². The van der Waals surface area contributed by atoms with Gasteiger partial charge in [-0.25, -0.2) is 0 Å². The van der Waals surface area contributed by atoms with Gasteiger partial charge < -0.3 is 4.57 Å². The Labute approximate surface area is 112 Å². The Hall–Kier alpha value is -1.06. The maximum atomic E-state index is 9.54. The van der Waals surface area contributed by atoms with E-state index in [1.54, 1.807) is 18.1 Å². The maximum absolute atomic E-state index is 9.54. The molecule has 1 heterocycles. The van der Waals surface area contributed by atoms with Crippen LogP contribution < -0.4 is 5.32 Å². The Kier molecular flexibility index (Phi) is 4.25. The monoisotopic (exact) mass is 265 g/mol. The average molecular weight is 265 g/mol. The molecule has 1 atom stereocenters. The molecule has 0 amide bonds. The van der Waals surface area contributed by atoms with Crippen LogP contribution in [0.3, 0.4) is 0 Å². The molecule has 5 nitrogen and oxygen atoms in total. The van der Waals surface area contributed by atoms with Gasteiger partial charge in [-0.1, -0.05) is 18.7 Å². The molecule has 6 heteroatoms. The lowest BCUT2D eigenvalue weighted by Gasteiger charge is -2.27. The van der Waals surface area contributed by atoms with Gasteiger partial charge in [-0.15, -0.1) is 10.2 Å². The van der Waals surface area contributed by atoms with Gasteiger partial charge in [-0.2, -0.15) is 5.26 Å². The van der Waals surface area contributed by atoms with Crippen molar-refractivity contribution in [3.63, 3.8) is 0 Å². The fourth-order valence-corrected chi connectivity index (χ4v) is 3.10. The maximum Gasteiger partial charge on any atom is 0.190 e. The third-order valence-corrected chi connectivity index (χ3v) is 4.49. The normalized spacial score (nSPS) is 18.3. The highest BCUT2D eigenvalue weighted by molar-refractivity contribution is 7.99. The van der Waals surface area contributed by atoms with E-state index < -0.39 is 5.54 Å². The number of rotatable bonds is 7. The fourth-order valence-electron chi connectivity index (χ4n) is 1.98. The number of nitriles is 1. The largest absolute Gasteiger partial charge is 0.312 e. The van der Waals surface area contributed by atoms with Crippen molar-refractivity contribution < 1.29 is 0 Å². The quantitative estimate of drug-likeness (QED) is 0.758. The minimum Gasteiger partial charge on any atom is -0.312 e. The van der Waals surface area contributed by atoms with Crippen LogP contribution in [0, 0.1) is 17.2 Å². The molecule has 0 radical (unpaired) electrons. The highest BCUT2D eigenvalue weighted by Crippen LogP contribution is 2.41. The zero-order valence-electron chi connectivity index (χ0n) is 10.9. The Bertz CT molecular complexity index is 434. The first-order valence-corrected chi connectivity index (χ1v) is 7.33. The van der Waals surface area contributed by atoms with E-state index in [9.17, 15) is 5.26 Å². The molecule has 0 aromatic carbocycles. The van der Waals surface area contributed by atoms with Crippen LogP contribution in [0.2, 0.25) is 0 Å². The molecule has 0 saturated heterocycles. The van der Waals surface area contributed by atoms with E-state index in [0.717, 1.165) is 36.7 Å². The zero-order chi connectivity index (χ0) is 13.0. The van der Waals surface area contributed by atoms with Crippen molar-refractivity contribution in [3.05, 3.63) is 6.33 Å². The summed E-state index contributed by atoms with van der Waals surface area (Å²) in [7, 11) is 1.92. The van der Waals surface area contributed by atoms with Gasteiger partial charge in [0.15, 0.2) is 5.16 Å². The minimum atomic E-state index is -0.396. The summed E-state index contributed by atoms with van der Waals surface area (Å²) in [5.74, 6) is 1.23. The first-order chi connectivity index (χ1) is 8.72. The summed E-state index contributed by atoms with van der Waals surface area (Å²) in [5.41, 5.74) is -0.396. The van der Waals surface area contributed by atoms with Crippen LogP contribution in [0.25, 0.3) is 0 Å². The van der Waals surface area contributed by atoms with Crippen molar-refractivity contribution in [2.75, 3.05) is 12.3 Å². The van der Waals surface area contributed by atoms with Crippen molar-refractivity contribution >= 4 is 11.8 Å². The molecule has 1 fully saturated rings. The van der Waals surface area contributed by atoms with Crippen LogP contribution in [0.1, 0.15) is 26.2 Å². The van der Waals surface area contributed by atoms with Gasteiger partial charge in [-0.3, -0.25) is 5.32 Å². The van der Waals surface area contributed by atoms with E-state index >= 15 is 0 Å². The first-order valence-electron chi connectivity index (χ1n) is 6.35. The van der Waals surface area contributed by atoms with Crippen molar-refractivity contribution in [2.24, 2.45) is 13.0 Å². The number of aryl methyl sites for hydroxylation is 1. The summed E-state index contributed by atoms with van der Waals surface area (Å²) in [4.78, 5) is 0. The minimum absolute atomic E-state index is 0.396. The second kappa shape index (κ2) is 5.72. The SMILES string of the molecule is CCCNC(C#N)(CSc1nncn1C)C1CC1. The Morgan fingerprint density at radius 1 is 1.67 bits per heavy atom. The van der Waals surface area contributed by atoms with Crippen molar-refractivity contribution in [3.8, 4) is 6.07 Å². The van der Waals surface area contributed by atoms with Crippen LogP contribution in [-0.4, -0.2) is 32.6 Å². The van der Waals surface area contributed by atoms with Gasteiger partial charge >= 0.3 is 0 Å². The molecule has 1 N–H and O–H groups in total. The molecular formula is C12H19N5S. The third-order valence-electron chi connectivity index (χ3n) is 3.26. The zero-order valence-corrected chi connectivity index (χ0v) is 11.7. The lowest BCUT2D eigenvalue weighted by molar-refractivity contribution is 0.405. The standard InChI is InChI=1S/C12H19N5S/c1-3-6-14-12(7-13,10-4-5-10)8-18-11-16-15-9-17(11)2/h9-10,14H,3-6,8H2,1-2H3. The number of hydrogen-bond donors (Lipinski definition) is 1. The van der Waals surface area contributed by atoms with Crippen LogP contribution in [-0.2, 0) is 7.05 Å². The molecule has 1 saturated carbocycles. The lowest BCUT2D eigenvalue weighted by Crippen LogP contribution is -2.48. The Balaban J connectivity index is 2.01. The highest BCUT2D eigenvalue weighted by Gasteiger charge is 2.45. The Morgan fingerprint density at radius 3 is 2.94 bits per heavy atom. The van der Waals surface area contributed by atoms with Gasteiger partial charge in [0, 0.05) is 12.8 Å². The number of aromatic nitrogens is 3. The second-order valence-corrected chi connectivity index (χ2v) is 5.74. The van der Waals surface area contributed by atoms with Crippen LogP contribution >= 0.6 is 11.8 Å². The summed E-state index contributed by atoms with van der Waals surface area (Å²) < 4.78 is 1.89. The molecule has 1 unspecified atom stereocenters. The van der Waals surface area contributed by atoms with Crippen molar-refractivity contribution in [1.82, 2.24) is 20.1 Å². The summed E-state index contributed by atoms with van der Waals surface area (Å²) in [6, 6.07) is 2.50. The Morgan fingerprint density at radius 2 is 2.44 bits per heavy atom. The van der Waals surface area contributed by atoms with Crippen LogP contribution in [0.4, 0.5) is 0 Å². The van der Waals surface area contributed by atoms with E-state index in [2.05, 4.69) is 28.5 Å². The van der Waals surface area contributed by atoms with E-state index in [1.807, 2.05) is 11.6 Å². The second-order valence-electron chi connectivity index (χ2n) is 4.80. The molecule has 2 rings (SSSR count). The van der Waals surface area contributed by atoms with E-state index in [-0.39, 0.29) is 0 Å². The fraction of sp³-hybridized carbons (Fsp3) is 0.750. The molecule has 0 aliphatic heterocycles. The number of thioether (sulfide) groups is 1. The molecule has 98 valence electrons. The smallest absolute Gasteiger partial charge is 0.190 e. The van der Waals surface area contributed by atoms with Gasteiger partial charge in [0.1, 0.15) is 11.9 Å². The molecule has 0 bridgehead atoms. The molecule has 18 heavy (non-hydrogen) atoms. The molecule has 0 spiro atoms. The van der Waals surface area contributed by atoms with Crippen molar-refractivity contribution in [1.29, 1.82) is 5.26 Å². The highest BCUT2D eigenvalue weighted by atomic mass is 32.2. The van der Waals surface area contributed by atoms with Gasteiger partial charge in [0.05, 0.1) is 6.07 Å². The first kappa shape index (κ1) is 13.4. The van der Waals surface area contributed by atoms with Gasteiger partial charge in [-0.05, 0) is 31.7 Å². The molecule has 1 aliphatic rings. The predicted molar refractivity (Wildman–Crippen MR) is 71.1 cm³/mol. The van der Waals surface area contributed by atoms with Gasteiger partial charge in [0.2, 0.25) is 0 Å². The number of nitrogens with zero attached hydrogens (tertiary/aromatic N) is 4. The van der Waals surface area contributed by atoms with Crippen molar-refractivity contribution in [2.45, 2.75) is 36.9 Å². The van der Waals surface area contributed by atoms with Crippen LogP contribution in [0.5, 0.6) is 0 Å².